The number of ketones is 1. The van der Waals surface area contributed by atoms with Gasteiger partial charge in [-0.25, -0.2) is 15.0 Å². The van der Waals surface area contributed by atoms with Crippen LogP contribution in [-0.2, 0) is 6.42 Å². The molecule has 0 bridgehead atoms. The van der Waals surface area contributed by atoms with E-state index in [1.165, 1.54) is 5.56 Å². The van der Waals surface area contributed by atoms with Gasteiger partial charge in [-0.15, -0.1) is 0 Å². The quantitative estimate of drug-likeness (QED) is 0.673. The topological polar surface area (TPSA) is 62.2 Å². The number of fused-ring (bicyclic) bond motifs is 1. The number of anilines is 2. The van der Waals surface area contributed by atoms with Crippen LogP contribution in [0.4, 0.5) is 11.8 Å². The molecule has 3 heterocycles. The largest absolute Gasteiger partial charge is 0.353 e. The van der Waals surface area contributed by atoms with Gasteiger partial charge in [0.25, 0.3) is 0 Å². The first-order valence-corrected chi connectivity index (χ1v) is 10.6. The maximum absolute atomic E-state index is 12.9. The molecule has 1 fully saturated rings. The lowest BCUT2D eigenvalue weighted by atomic mass is 9.81. The fourth-order valence-corrected chi connectivity index (χ4v) is 4.54. The molecule has 0 amide bonds. The minimum absolute atomic E-state index is 0.161. The highest BCUT2D eigenvalue weighted by Gasteiger charge is 2.31. The summed E-state index contributed by atoms with van der Waals surface area (Å²) in [5, 5.41) is 0. The van der Waals surface area contributed by atoms with Gasteiger partial charge >= 0.3 is 0 Å². The van der Waals surface area contributed by atoms with Gasteiger partial charge in [-0.05, 0) is 37.0 Å². The minimum Gasteiger partial charge on any atom is -0.353 e. The molecular weight excluding hydrogens is 374 g/mol. The Hall–Kier alpha value is -3.28. The van der Waals surface area contributed by atoms with E-state index in [1.54, 1.807) is 0 Å². The number of aromatic nitrogens is 3. The van der Waals surface area contributed by atoms with Crippen molar-refractivity contribution in [1.29, 1.82) is 0 Å². The second-order valence-electron chi connectivity index (χ2n) is 8.03. The molecule has 30 heavy (non-hydrogen) atoms. The predicted octanol–water partition coefficient (Wildman–Crippen LogP) is 3.42. The Morgan fingerprint density at radius 1 is 0.867 bits per heavy atom. The minimum atomic E-state index is 0.161. The summed E-state index contributed by atoms with van der Waals surface area (Å²) in [5.74, 6) is 2.10. The van der Waals surface area contributed by atoms with Crippen molar-refractivity contribution in [3.05, 3.63) is 77.2 Å². The molecule has 6 nitrogen and oxygen atoms in total. The van der Waals surface area contributed by atoms with Crippen LogP contribution >= 0.6 is 0 Å². The van der Waals surface area contributed by atoms with E-state index < -0.39 is 0 Å². The monoisotopic (exact) mass is 399 g/mol. The van der Waals surface area contributed by atoms with Crippen molar-refractivity contribution in [2.24, 2.45) is 0 Å². The molecule has 3 aromatic rings. The van der Waals surface area contributed by atoms with Crippen LogP contribution in [0.25, 0.3) is 0 Å². The summed E-state index contributed by atoms with van der Waals surface area (Å²) in [6.45, 7) is 5.37. The van der Waals surface area contributed by atoms with Gasteiger partial charge in [0, 0.05) is 38.8 Å². The van der Waals surface area contributed by atoms with Crippen molar-refractivity contribution in [2.45, 2.75) is 25.7 Å². The van der Waals surface area contributed by atoms with Crippen molar-refractivity contribution in [3.63, 3.8) is 0 Å². The molecule has 1 saturated heterocycles. The number of carbonyl (C=O) groups is 1. The summed E-state index contributed by atoms with van der Waals surface area (Å²) < 4.78 is 0. The molecule has 2 aromatic heterocycles. The molecule has 1 atom stereocenters. The van der Waals surface area contributed by atoms with Gasteiger partial charge in [0.05, 0.1) is 17.0 Å². The van der Waals surface area contributed by atoms with Gasteiger partial charge in [-0.2, -0.15) is 0 Å². The Balaban J connectivity index is 1.37. The number of pyridine rings is 1. The summed E-state index contributed by atoms with van der Waals surface area (Å²) in [6.07, 6.45) is 3.15. The zero-order valence-electron chi connectivity index (χ0n) is 17.2. The number of nitrogens with zero attached hydrogens (tertiary/aromatic N) is 5. The molecule has 6 heteroatoms. The van der Waals surface area contributed by atoms with Gasteiger partial charge < -0.3 is 9.80 Å². The molecule has 2 aliphatic rings. The lowest BCUT2D eigenvalue weighted by Crippen LogP contribution is -2.47. The van der Waals surface area contributed by atoms with Gasteiger partial charge in [-0.3, -0.25) is 4.79 Å². The van der Waals surface area contributed by atoms with E-state index >= 15 is 0 Å². The number of hydrogen-bond acceptors (Lipinski definition) is 6. The summed E-state index contributed by atoms with van der Waals surface area (Å²) in [7, 11) is 0. The standard InChI is InChI=1S/C24H25N5O/c1-17-23-20(15-19(16-21(23)30)18-7-3-2-4-8-18)27-24(26-17)29-13-11-28(12-14-29)22-9-5-6-10-25-22/h2-10,19H,11-16H2,1H3/t19-/m0/s1. The second-order valence-corrected chi connectivity index (χ2v) is 8.03. The van der Waals surface area contributed by atoms with Crippen molar-refractivity contribution in [1.82, 2.24) is 15.0 Å². The van der Waals surface area contributed by atoms with Crippen LogP contribution in [-0.4, -0.2) is 46.9 Å². The molecule has 1 aromatic carbocycles. The Morgan fingerprint density at radius 2 is 1.60 bits per heavy atom. The first-order valence-electron chi connectivity index (χ1n) is 10.6. The van der Waals surface area contributed by atoms with E-state index in [1.807, 2.05) is 49.5 Å². The van der Waals surface area contributed by atoms with Gasteiger partial charge in [0.1, 0.15) is 5.82 Å². The van der Waals surface area contributed by atoms with Crippen LogP contribution in [0.2, 0.25) is 0 Å². The highest BCUT2D eigenvalue weighted by molar-refractivity contribution is 5.99. The van der Waals surface area contributed by atoms with Crippen LogP contribution in [0.15, 0.2) is 54.7 Å². The Labute approximate surface area is 176 Å². The average molecular weight is 399 g/mol. The fraction of sp³-hybridized carbons (Fsp3) is 0.333. The lowest BCUT2D eigenvalue weighted by Gasteiger charge is -2.36. The smallest absolute Gasteiger partial charge is 0.225 e. The van der Waals surface area contributed by atoms with Gasteiger partial charge in [-0.1, -0.05) is 36.4 Å². The van der Waals surface area contributed by atoms with E-state index in [2.05, 4.69) is 26.9 Å². The highest BCUT2D eigenvalue weighted by atomic mass is 16.1. The van der Waals surface area contributed by atoms with E-state index in [0.717, 1.165) is 61.3 Å². The second kappa shape index (κ2) is 7.86. The van der Waals surface area contributed by atoms with Crippen LogP contribution in [0.3, 0.4) is 0 Å². The van der Waals surface area contributed by atoms with E-state index in [0.29, 0.717) is 6.42 Å². The van der Waals surface area contributed by atoms with Crippen LogP contribution in [0.5, 0.6) is 0 Å². The molecule has 1 aliphatic carbocycles. The van der Waals surface area contributed by atoms with Crippen LogP contribution < -0.4 is 9.80 Å². The maximum atomic E-state index is 12.9. The van der Waals surface area contributed by atoms with Crippen molar-refractivity contribution in [3.8, 4) is 0 Å². The number of hydrogen-bond donors (Lipinski definition) is 0. The Bertz CT molecular complexity index is 1050. The van der Waals surface area contributed by atoms with E-state index in [4.69, 9.17) is 9.97 Å². The first kappa shape index (κ1) is 18.7. The molecule has 0 saturated carbocycles. The van der Waals surface area contributed by atoms with Gasteiger partial charge in [0.15, 0.2) is 5.78 Å². The van der Waals surface area contributed by atoms with Gasteiger partial charge in [0.2, 0.25) is 5.95 Å². The molecular formula is C24H25N5O. The molecule has 152 valence electrons. The number of carbonyl (C=O) groups excluding carboxylic acids is 1. The van der Waals surface area contributed by atoms with Crippen molar-refractivity contribution in [2.75, 3.05) is 36.0 Å². The molecule has 0 unspecified atom stereocenters. The normalized spacial score (nSPS) is 19.0. The molecule has 0 spiro atoms. The van der Waals surface area contributed by atoms with Crippen molar-refractivity contribution >= 4 is 17.5 Å². The summed E-state index contributed by atoms with van der Waals surface area (Å²) in [4.78, 5) is 31.4. The summed E-state index contributed by atoms with van der Waals surface area (Å²) in [5.41, 5.74) is 3.64. The number of rotatable bonds is 3. The van der Waals surface area contributed by atoms with Crippen molar-refractivity contribution < 1.29 is 4.79 Å². The lowest BCUT2D eigenvalue weighted by molar-refractivity contribution is 0.0962. The zero-order chi connectivity index (χ0) is 20.5. The number of aryl methyl sites for hydroxylation is 1. The van der Waals surface area contributed by atoms with Crippen LogP contribution in [0.1, 0.15) is 39.6 Å². The third-order valence-electron chi connectivity index (χ3n) is 6.11. The third kappa shape index (κ3) is 3.54. The zero-order valence-corrected chi connectivity index (χ0v) is 17.2. The third-order valence-corrected chi connectivity index (χ3v) is 6.11. The summed E-state index contributed by atoms with van der Waals surface area (Å²) >= 11 is 0. The molecule has 5 rings (SSSR count). The van der Waals surface area contributed by atoms with E-state index in [-0.39, 0.29) is 11.7 Å². The van der Waals surface area contributed by atoms with E-state index in [9.17, 15) is 4.79 Å². The Kier molecular flexibility index (Phi) is 4.91. The molecule has 0 radical (unpaired) electrons. The number of piperazine rings is 1. The Morgan fingerprint density at radius 3 is 2.33 bits per heavy atom. The number of Topliss-reactive ketones (excluding diaryl/α,β-unsaturated/α-hetero) is 1. The molecule has 1 aliphatic heterocycles. The predicted molar refractivity (Wildman–Crippen MR) is 117 cm³/mol. The fourth-order valence-electron chi connectivity index (χ4n) is 4.54. The summed E-state index contributed by atoms with van der Waals surface area (Å²) in [6, 6.07) is 16.3. The SMILES string of the molecule is Cc1nc(N2CCN(c3ccccn3)CC2)nc2c1C(=O)C[C@@H](c1ccccc1)C2. The first-order chi connectivity index (χ1) is 14.7. The number of benzene rings is 1. The maximum Gasteiger partial charge on any atom is 0.225 e. The van der Waals surface area contributed by atoms with Crippen LogP contribution in [0, 0.1) is 6.92 Å². The average Bonchev–Trinajstić information content (AvgIpc) is 2.80. The highest BCUT2D eigenvalue weighted by Crippen LogP contribution is 2.33. The molecule has 0 N–H and O–H groups in total.